The molecule has 2 aromatic carbocycles. The Kier molecular flexibility index (Phi) is 7.00. The summed E-state index contributed by atoms with van der Waals surface area (Å²) < 4.78 is 17.8. The highest BCUT2D eigenvalue weighted by atomic mass is 28.4. The molecule has 4 nitrogen and oxygen atoms in total. The van der Waals surface area contributed by atoms with Gasteiger partial charge in [0.2, 0.25) is 0 Å². The molecule has 0 aromatic heterocycles. The van der Waals surface area contributed by atoms with Crippen molar-refractivity contribution in [3.63, 3.8) is 0 Å². The molecule has 0 saturated carbocycles. The van der Waals surface area contributed by atoms with Crippen molar-refractivity contribution in [1.29, 1.82) is 0 Å². The van der Waals surface area contributed by atoms with Gasteiger partial charge in [-0.05, 0) is 22.3 Å². The summed E-state index contributed by atoms with van der Waals surface area (Å²) in [5, 5.41) is 2.37. The number of ether oxygens (including phenoxy) is 2. The van der Waals surface area contributed by atoms with E-state index in [0.29, 0.717) is 6.61 Å². The van der Waals surface area contributed by atoms with Gasteiger partial charge in [-0.3, -0.25) is 0 Å². The van der Waals surface area contributed by atoms with Crippen LogP contribution >= 0.6 is 0 Å². The molecule has 0 aliphatic carbocycles. The van der Waals surface area contributed by atoms with E-state index in [9.17, 15) is 0 Å². The van der Waals surface area contributed by atoms with Crippen molar-refractivity contribution in [2.75, 3.05) is 20.8 Å². The molecule has 0 spiro atoms. The molecule has 2 aromatic rings. The summed E-state index contributed by atoms with van der Waals surface area (Å²) in [6.45, 7) is 8.92. The van der Waals surface area contributed by atoms with E-state index in [0.717, 1.165) is 0 Å². The average Bonchev–Trinajstić information content (AvgIpc) is 2.68. The fourth-order valence-electron chi connectivity index (χ4n) is 3.51. The summed E-state index contributed by atoms with van der Waals surface area (Å²) in [6, 6.07) is 20.6. The zero-order valence-corrected chi connectivity index (χ0v) is 18.4. The third-order valence-corrected chi connectivity index (χ3v) is 10.4. The van der Waals surface area contributed by atoms with Crippen LogP contribution in [0.2, 0.25) is 5.04 Å². The van der Waals surface area contributed by atoms with Crippen molar-refractivity contribution in [2.45, 2.75) is 44.6 Å². The standard InChI is InChI=1S/C22H33NO3Si/c1-21(2,3)27(18-13-9-7-10-14-18,19-15-11-8-12-16-19)26-17-20(23)22(4,24-5)25-6/h7-16,20H,17,23H2,1-6H3/t20-/m1/s1. The largest absolute Gasteiger partial charge is 0.406 e. The Morgan fingerprint density at radius 2 is 1.22 bits per heavy atom. The maximum absolute atomic E-state index is 6.83. The fourth-order valence-corrected chi connectivity index (χ4v) is 8.10. The van der Waals surface area contributed by atoms with Gasteiger partial charge < -0.3 is 19.6 Å². The molecular weight excluding hydrogens is 354 g/mol. The van der Waals surface area contributed by atoms with Gasteiger partial charge in [-0.25, -0.2) is 0 Å². The van der Waals surface area contributed by atoms with E-state index in [1.54, 1.807) is 14.2 Å². The van der Waals surface area contributed by atoms with Crippen LogP contribution in [0.1, 0.15) is 27.7 Å². The lowest BCUT2D eigenvalue weighted by Gasteiger charge is -2.44. The van der Waals surface area contributed by atoms with Gasteiger partial charge >= 0.3 is 0 Å². The maximum Gasteiger partial charge on any atom is 0.261 e. The molecule has 5 heteroatoms. The van der Waals surface area contributed by atoms with Crippen LogP contribution in [-0.4, -0.2) is 41.0 Å². The molecule has 148 valence electrons. The van der Waals surface area contributed by atoms with Gasteiger partial charge in [-0.2, -0.15) is 0 Å². The molecule has 0 bridgehead atoms. The minimum absolute atomic E-state index is 0.0913. The van der Waals surface area contributed by atoms with Gasteiger partial charge in [0.1, 0.15) is 0 Å². The Hall–Kier alpha value is -1.50. The first-order valence-electron chi connectivity index (χ1n) is 9.32. The molecule has 1 atom stereocenters. The smallest absolute Gasteiger partial charge is 0.261 e. The molecular formula is C22H33NO3Si. The predicted molar refractivity (Wildman–Crippen MR) is 114 cm³/mol. The first-order chi connectivity index (χ1) is 12.7. The molecule has 27 heavy (non-hydrogen) atoms. The summed E-state index contributed by atoms with van der Waals surface area (Å²) in [5.74, 6) is -0.897. The van der Waals surface area contributed by atoms with Crippen molar-refractivity contribution in [3.8, 4) is 0 Å². The Morgan fingerprint density at radius 1 is 0.815 bits per heavy atom. The lowest BCUT2D eigenvalue weighted by atomic mass is 10.1. The zero-order valence-electron chi connectivity index (χ0n) is 17.4. The first kappa shape index (κ1) is 21.8. The van der Waals surface area contributed by atoms with Crippen LogP contribution in [0.15, 0.2) is 60.7 Å². The zero-order chi connectivity index (χ0) is 20.1. The number of hydrogen-bond donors (Lipinski definition) is 1. The molecule has 2 N–H and O–H groups in total. The number of rotatable bonds is 8. The van der Waals surface area contributed by atoms with Crippen molar-refractivity contribution in [3.05, 3.63) is 60.7 Å². The predicted octanol–water partition coefficient (Wildman–Crippen LogP) is 2.90. The normalized spacial score (nSPS) is 14.2. The Labute approximate surface area is 164 Å². The fraction of sp³-hybridized carbons (Fsp3) is 0.455. The molecule has 0 unspecified atom stereocenters. The second-order valence-corrected chi connectivity index (χ2v) is 12.3. The van der Waals surface area contributed by atoms with Crippen LogP contribution in [0.3, 0.4) is 0 Å². The summed E-state index contributed by atoms with van der Waals surface area (Å²) in [5.41, 5.74) is 6.43. The van der Waals surface area contributed by atoms with Crippen LogP contribution in [-0.2, 0) is 13.9 Å². The number of nitrogens with two attached hydrogens (primary N) is 1. The van der Waals surface area contributed by atoms with E-state index < -0.39 is 20.1 Å². The molecule has 0 aliphatic rings. The highest BCUT2D eigenvalue weighted by Gasteiger charge is 2.51. The molecule has 0 aliphatic heterocycles. The van der Waals surface area contributed by atoms with Crippen LogP contribution in [0.4, 0.5) is 0 Å². The summed E-state index contributed by atoms with van der Waals surface area (Å²) in [4.78, 5) is 0. The molecule has 0 radical (unpaired) electrons. The highest BCUT2D eigenvalue weighted by Crippen LogP contribution is 2.37. The van der Waals surface area contributed by atoms with Gasteiger partial charge in [0.25, 0.3) is 8.32 Å². The third kappa shape index (κ3) is 4.33. The third-order valence-electron chi connectivity index (χ3n) is 5.38. The van der Waals surface area contributed by atoms with Crippen LogP contribution < -0.4 is 16.1 Å². The molecule has 0 fully saturated rings. The average molecular weight is 388 g/mol. The van der Waals surface area contributed by atoms with Gasteiger partial charge in [-0.1, -0.05) is 81.4 Å². The van der Waals surface area contributed by atoms with Gasteiger partial charge in [0, 0.05) is 14.2 Å². The second-order valence-electron chi connectivity index (χ2n) is 8.00. The maximum atomic E-state index is 6.83. The molecule has 0 amide bonds. The highest BCUT2D eigenvalue weighted by molar-refractivity contribution is 6.99. The first-order valence-corrected chi connectivity index (χ1v) is 11.2. The number of methoxy groups -OCH3 is 2. The summed E-state index contributed by atoms with van der Waals surface area (Å²) in [6.07, 6.45) is 0. The van der Waals surface area contributed by atoms with Crippen molar-refractivity contribution >= 4 is 18.7 Å². The van der Waals surface area contributed by atoms with Gasteiger partial charge in [-0.15, -0.1) is 0 Å². The van der Waals surface area contributed by atoms with Crippen LogP contribution in [0.5, 0.6) is 0 Å². The van der Waals surface area contributed by atoms with E-state index in [1.165, 1.54) is 10.4 Å². The number of hydrogen-bond acceptors (Lipinski definition) is 4. The second kappa shape index (κ2) is 8.67. The lowest BCUT2D eigenvalue weighted by Crippen LogP contribution is -2.68. The monoisotopic (exact) mass is 387 g/mol. The minimum Gasteiger partial charge on any atom is -0.406 e. The minimum atomic E-state index is -2.61. The lowest BCUT2D eigenvalue weighted by molar-refractivity contribution is -0.210. The van der Waals surface area contributed by atoms with E-state index >= 15 is 0 Å². The van der Waals surface area contributed by atoms with E-state index in [2.05, 4.69) is 69.3 Å². The van der Waals surface area contributed by atoms with E-state index in [4.69, 9.17) is 19.6 Å². The van der Waals surface area contributed by atoms with E-state index in [-0.39, 0.29) is 5.04 Å². The van der Waals surface area contributed by atoms with E-state index in [1.807, 2.05) is 19.1 Å². The molecule has 0 heterocycles. The van der Waals surface area contributed by atoms with Crippen molar-refractivity contribution in [1.82, 2.24) is 0 Å². The molecule has 0 saturated heterocycles. The Morgan fingerprint density at radius 3 is 1.56 bits per heavy atom. The Bertz CT molecular complexity index is 657. The number of benzene rings is 2. The SMILES string of the molecule is COC(C)(OC)[C@H](N)CO[Si](c1ccccc1)(c1ccccc1)C(C)(C)C. The van der Waals surface area contributed by atoms with Gasteiger partial charge in [0.15, 0.2) is 5.79 Å². The Balaban J connectivity index is 2.53. The topological polar surface area (TPSA) is 53.7 Å². The van der Waals surface area contributed by atoms with Crippen LogP contribution in [0.25, 0.3) is 0 Å². The van der Waals surface area contributed by atoms with Crippen molar-refractivity contribution in [2.24, 2.45) is 5.73 Å². The summed E-state index contributed by atoms with van der Waals surface area (Å²) in [7, 11) is 0.599. The molecule has 2 rings (SSSR count). The summed E-state index contributed by atoms with van der Waals surface area (Å²) >= 11 is 0. The quantitative estimate of drug-likeness (QED) is 0.559. The van der Waals surface area contributed by atoms with Crippen LogP contribution in [0, 0.1) is 0 Å². The van der Waals surface area contributed by atoms with Gasteiger partial charge in [0.05, 0.1) is 12.6 Å². The van der Waals surface area contributed by atoms with Crippen molar-refractivity contribution < 1.29 is 13.9 Å².